The van der Waals surface area contributed by atoms with E-state index in [4.69, 9.17) is 4.65 Å². The highest BCUT2D eigenvalue weighted by atomic mass is 16.5. The summed E-state index contributed by atoms with van der Waals surface area (Å²) in [7, 11) is -0.724. The quantitative estimate of drug-likeness (QED) is 0.585. The highest BCUT2D eigenvalue weighted by Gasteiger charge is 2.30. The molecule has 0 aromatic heterocycles. The molecule has 1 unspecified atom stereocenters. The fraction of sp³-hybridized carbons (Fsp3) is 0.571. The van der Waals surface area contributed by atoms with Crippen molar-refractivity contribution in [2.24, 2.45) is 5.41 Å². The molecular formula is C14H21BO2. The van der Waals surface area contributed by atoms with Gasteiger partial charge in [-0.2, -0.15) is 0 Å². The minimum absolute atomic E-state index is 0.103. The summed E-state index contributed by atoms with van der Waals surface area (Å²) < 4.78 is 5.31. The molecule has 1 atom stereocenters. The van der Waals surface area contributed by atoms with Gasteiger partial charge in [0, 0.05) is 5.41 Å². The fourth-order valence-corrected chi connectivity index (χ4v) is 2.45. The highest BCUT2D eigenvalue weighted by Crippen LogP contribution is 2.35. The van der Waals surface area contributed by atoms with Gasteiger partial charge in [-0.05, 0) is 30.3 Å². The molecule has 0 aromatic carbocycles. The molecule has 3 heteroatoms. The van der Waals surface area contributed by atoms with E-state index in [2.05, 4.69) is 39.0 Å². The van der Waals surface area contributed by atoms with Crippen LogP contribution in [0.2, 0.25) is 0 Å². The van der Waals surface area contributed by atoms with E-state index in [9.17, 15) is 5.02 Å². The standard InChI is InChI=1S/C14H21BO2/c1-4-11-8-12-10-17-15(16)13(12)6-7-14(3,5-2)9-11/h6-7,9,16H,4-5,8,10H2,1-3H3. The molecule has 1 aliphatic carbocycles. The van der Waals surface area contributed by atoms with Gasteiger partial charge < -0.3 is 9.68 Å². The number of rotatable bonds is 2. The zero-order valence-electron chi connectivity index (χ0n) is 11.0. The van der Waals surface area contributed by atoms with Gasteiger partial charge in [-0.1, -0.05) is 44.6 Å². The van der Waals surface area contributed by atoms with Crippen molar-refractivity contribution in [1.29, 1.82) is 0 Å². The zero-order chi connectivity index (χ0) is 12.5. The third kappa shape index (κ3) is 2.56. The second-order valence-corrected chi connectivity index (χ2v) is 5.25. The van der Waals surface area contributed by atoms with Gasteiger partial charge in [0.05, 0.1) is 6.61 Å². The van der Waals surface area contributed by atoms with Gasteiger partial charge in [0.15, 0.2) is 0 Å². The predicted molar refractivity (Wildman–Crippen MR) is 71.5 cm³/mol. The van der Waals surface area contributed by atoms with Gasteiger partial charge in [-0.25, -0.2) is 0 Å². The average molecular weight is 232 g/mol. The largest absolute Gasteiger partial charge is 0.491 e. The van der Waals surface area contributed by atoms with Crippen LogP contribution in [0.15, 0.2) is 34.8 Å². The van der Waals surface area contributed by atoms with Crippen LogP contribution in [0.4, 0.5) is 0 Å². The van der Waals surface area contributed by atoms with Crippen molar-refractivity contribution in [3.63, 3.8) is 0 Å². The maximum absolute atomic E-state index is 9.79. The first-order valence-corrected chi connectivity index (χ1v) is 6.49. The minimum Gasteiger partial charge on any atom is -0.423 e. The Morgan fingerprint density at radius 2 is 2.24 bits per heavy atom. The Kier molecular flexibility index (Phi) is 3.60. The lowest BCUT2D eigenvalue weighted by Gasteiger charge is -2.24. The van der Waals surface area contributed by atoms with Gasteiger partial charge in [0.2, 0.25) is 0 Å². The molecule has 0 fully saturated rings. The van der Waals surface area contributed by atoms with E-state index in [0.717, 1.165) is 24.7 Å². The van der Waals surface area contributed by atoms with Crippen molar-refractivity contribution < 1.29 is 9.68 Å². The summed E-state index contributed by atoms with van der Waals surface area (Å²) in [4.78, 5) is 0. The maximum atomic E-state index is 9.79. The summed E-state index contributed by atoms with van der Waals surface area (Å²) in [5, 5.41) is 9.79. The Balaban J connectivity index is 2.40. The van der Waals surface area contributed by atoms with Crippen molar-refractivity contribution in [2.75, 3.05) is 6.61 Å². The van der Waals surface area contributed by atoms with E-state index in [1.807, 2.05) is 0 Å². The Bertz CT molecular complexity index is 395. The Morgan fingerprint density at radius 1 is 1.47 bits per heavy atom. The second-order valence-electron chi connectivity index (χ2n) is 5.25. The van der Waals surface area contributed by atoms with Crippen LogP contribution in [0.3, 0.4) is 0 Å². The van der Waals surface area contributed by atoms with Crippen molar-refractivity contribution in [2.45, 2.75) is 40.0 Å². The van der Waals surface area contributed by atoms with Crippen LogP contribution >= 0.6 is 0 Å². The highest BCUT2D eigenvalue weighted by molar-refractivity contribution is 6.54. The number of hydrogen-bond acceptors (Lipinski definition) is 2. The van der Waals surface area contributed by atoms with E-state index in [0.29, 0.717) is 6.61 Å². The summed E-state index contributed by atoms with van der Waals surface area (Å²) >= 11 is 0. The lowest BCUT2D eigenvalue weighted by molar-refractivity contribution is 0.308. The molecule has 2 nitrogen and oxygen atoms in total. The monoisotopic (exact) mass is 232 g/mol. The van der Waals surface area contributed by atoms with Crippen LogP contribution in [0.1, 0.15) is 40.0 Å². The summed E-state index contributed by atoms with van der Waals surface area (Å²) in [6.07, 6.45) is 9.73. The van der Waals surface area contributed by atoms with E-state index < -0.39 is 7.12 Å². The third-order valence-corrected chi connectivity index (χ3v) is 3.92. The third-order valence-electron chi connectivity index (χ3n) is 3.92. The van der Waals surface area contributed by atoms with E-state index >= 15 is 0 Å². The molecule has 0 saturated carbocycles. The lowest BCUT2D eigenvalue weighted by Crippen LogP contribution is -2.16. The van der Waals surface area contributed by atoms with Crippen LogP contribution in [-0.2, 0) is 4.65 Å². The SMILES string of the molecule is CCC1=CC(C)(CC)C=CC2=C(COB2O)C1. The first-order valence-electron chi connectivity index (χ1n) is 6.49. The van der Waals surface area contributed by atoms with Gasteiger partial charge in [0.1, 0.15) is 0 Å². The zero-order valence-corrected chi connectivity index (χ0v) is 11.0. The molecule has 0 saturated heterocycles. The normalized spacial score (nSPS) is 28.9. The van der Waals surface area contributed by atoms with Crippen molar-refractivity contribution >= 4 is 7.12 Å². The molecule has 0 aromatic rings. The molecule has 17 heavy (non-hydrogen) atoms. The van der Waals surface area contributed by atoms with Crippen LogP contribution in [0, 0.1) is 5.41 Å². The molecule has 0 spiro atoms. The smallest absolute Gasteiger partial charge is 0.423 e. The molecule has 2 aliphatic rings. The van der Waals surface area contributed by atoms with Crippen LogP contribution < -0.4 is 0 Å². The molecule has 1 aliphatic heterocycles. The molecule has 0 bridgehead atoms. The molecule has 1 N–H and O–H groups in total. The van der Waals surface area contributed by atoms with Crippen LogP contribution in [0.25, 0.3) is 0 Å². The number of hydrogen-bond donors (Lipinski definition) is 1. The van der Waals surface area contributed by atoms with Crippen molar-refractivity contribution in [3.05, 3.63) is 34.8 Å². The Labute approximate surface area is 104 Å². The van der Waals surface area contributed by atoms with E-state index in [1.165, 1.54) is 11.1 Å². The summed E-state index contributed by atoms with van der Waals surface area (Å²) in [6, 6.07) is 0. The topological polar surface area (TPSA) is 29.5 Å². The molecule has 1 heterocycles. The van der Waals surface area contributed by atoms with Gasteiger partial charge in [-0.3, -0.25) is 0 Å². The van der Waals surface area contributed by atoms with Crippen molar-refractivity contribution in [3.8, 4) is 0 Å². The van der Waals surface area contributed by atoms with Crippen LogP contribution in [-0.4, -0.2) is 18.7 Å². The first-order chi connectivity index (χ1) is 8.08. The summed E-state index contributed by atoms with van der Waals surface area (Å²) in [5.41, 5.74) is 3.76. The van der Waals surface area contributed by atoms with Crippen molar-refractivity contribution in [1.82, 2.24) is 0 Å². The minimum atomic E-state index is -0.724. The van der Waals surface area contributed by atoms with E-state index in [-0.39, 0.29) is 5.41 Å². The Morgan fingerprint density at radius 3 is 2.88 bits per heavy atom. The molecule has 0 amide bonds. The maximum Gasteiger partial charge on any atom is 0.491 e. The van der Waals surface area contributed by atoms with Crippen LogP contribution in [0.5, 0.6) is 0 Å². The van der Waals surface area contributed by atoms with Gasteiger partial charge in [0.25, 0.3) is 0 Å². The lowest BCUT2D eigenvalue weighted by atomic mass is 9.73. The summed E-state index contributed by atoms with van der Waals surface area (Å²) in [5.74, 6) is 0. The average Bonchev–Trinajstić information content (AvgIpc) is 2.64. The second kappa shape index (κ2) is 4.83. The molecular weight excluding hydrogens is 211 g/mol. The Hall–Kier alpha value is -0.795. The molecule has 2 rings (SSSR count). The predicted octanol–water partition coefficient (Wildman–Crippen LogP) is 3.05. The fourth-order valence-electron chi connectivity index (χ4n) is 2.45. The first kappa shape index (κ1) is 12.7. The van der Waals surface area contributed by atoms with E-state index in [1.54, 1.807) is 0 Å². The molecule has 92 valence electrons. The molecule has 0 radical (unpaired) electrons. The summed E-state index contributed by atoms with van der Waals surface area (Å²) in [6.45, 7) is 7.21. The number of allylic oxidation sites excluding steroid dienone is 5. The van der Waals surface area contributed by atoms with Gasteiger partial charge in [-0.15, -0.1) is 0 Å². The van der Waals surface area contributed by atoms with Gasteiger partial charge >= 0.3 is 7.12 Å².